The number of nitrogens with zero attached hydrogens (tertiary/aromatic N) is 1. The second kappa shape index (κ2) is 5.29. The molecule has 106 valence electrons. The van der Waals surface area contributed by atoms with Crippen LogP contribution in [0.4, 0.5) is 0 Å². The van der Waals surface area contributed by atoms with E-state index >= 15 is 0 Å². The Hall–Kier alpha value is -1.81. The first kappa shape index (κ1) is 14.6. The summed E-state index contributed by atoms with van der Waals surface area (Å²) in [5, 5.41) is 1.28. The molecule has 0 saturated carbocycles. The number of esters is 1. The molecule has 1 heterocycles. The van der Waals surface area contributed by atoms with E-state index in [2.05, 4.69) is 0 Å². The van der Waals surface area contributed by atoms with E-state index in [1.807, 2.05) is 20.8 Å². The molecule has 0 aliphatic heterocycles. The topological polar surface area (TPSA) is 48.3 Å². The Morgan fingerprint density at radius 2 is 2.10 bits per heavy atom. The second-order valence-electron chi connectivity index (χ2n) is 5.58. The molecule has 5 heteroatoms. The van der Waals surface area contributed by atoms with E-state index in [9.17, 15) is 9.59 Å². The van der Waals surface area contributed by atoms with Crippen molar-refractivity contribution in [3.63, 3.8) is 0 Å². The van der Waals surface area contributed by atoms with Crippen molar-refractivity contribution in [1.82, 2.24) is 4.57 Å². The van der Waals surface area contributed by atoms with Crippen LogP contribution in [0.25, 0.3) is 10.9 Å². The summed E-state index contributed by atoms with van der Waals surface area (Å²) in [6.07, 6.45) is 2.39. The van der Waals surface area contributed by atoms with Gasteiger partial charge in [-0.25, -0.2) is 0 Å². The lowest BCUT2D eigenvalue weighted by atomic mass is 10.2. The lowest BCUT2D eigenvalue weighted by Gasteiger charge is -2.19. The molecule has 0 aliphatic carbocycles. The highest BCUT2D eigenvalue weighted by Crippen LogP contribution is 2.24. The van der Waals surface area contributed by atoms with Crippen molar-refractivity contribution in [2.24, 2.45) is 0 Å². The Kier molecular flexibility index (Phi) is 3.86. The highest BCUT2D eigenvalue weighted by molar-refractivity contribution is 6.31. The number of hydrogen-bond donors (Lipinski definition) is 0. The molecule has 0 atom stereocenters. The van der Waals surface area contributed by atoms with Crippen molar-refractivity contribution in [2.45, 2.75) is 32.9 Å². The SMILES string of the molecule is CC(C)(C)OC(=O)Cn1cc(C=O)c2cc(Cl)ccc21. The number of fused-ring (bicyclic) bond motifs is 1. The molecule has 4 nitrogen and oxygen atoms in total. The van der Waals surface area contributed by atoms with Crippen LogP contribution < -0.4 is 0 Å². The first-order valence-corrected chi connectivity index (χ1v) is 6.63. The highest BCUT2D eigenvalue weighted by atomic mass is 35.5. The first-order valence-electron chi connectivity index (χ1n) is 6.25. The summed E-state index contributed by atoms with van der Waals surface area (Å²) in [7, 11) is 0. The minimum absolute atomic E-state index is 0.0588. The maximum absolute atomic E-state index is 11.9. The number of hydrogen-bond acceptors (Lipinski definition) is 3. The Labute approximate surface area is 122 Å². The molecule has 0 saturated heterocycles. The standard InChI is InChI=1S/C15H16ClNO3/c1-15(2,3)20-14(19)8-17-7-10(9-18)12-6-11(16)4-5-13(12)17/h4-7,9H,8H2,1-3H3. The van der Waals surface area contributed by atoms with Crippen molar-refractivity contribution in [2.75, 3.05) is 0 Å². The first-order chi connectivity index (χ1) is 9.30. The number of benzene rings is 1. The number of ether oxygens (including phenoxy) is 1. The predicted molar refractivity (Wildman–Crippen MR) is 78.2 cm³/mol. The van der Waals surface area contributed by atoms with E-state index in [0.717, 1.165) is 17.2 Å². The van der Waals surface area contributed by atoms with Crippen LogP contribution >= 0.6 is 11.6 Å². The van der Waals surface area contributed by atoms with E-state index in [1.165, 1.54) is 0 Å². The zero-order valence-corrected chi connectivity index (χ0v) is 12.4. The van der Waals surface area contributed by atoms with Crippen LogP contribution in [0, 0.1) is 0 Å². The highest BCUT2D eigenvalue weighted by Gasteiger charge is 2.18. The predicted octanol–water partition coefficient (Wildman–Crippen LogP) is 3.45. The largest absolute Gasteiger partial charge is 0.459 e. The maximum atomic E-state index is 11.9. The van der Waals surface area contributed by atoms with Crippen molar-refractivity contribution < 1.29 is 14.3 Å². The number of carbonyl (C=O) groups excluding carboxylic acids is 2. The zero-order chi connectivity index (χ0) is 14.9. The minimum atomic E-state index is -0.531. The number of carbonyl (C=O) groups is 2. The summed E-state index contributed by atoms with van der Waals surface area (Å²) in [5.74, 6) is -0.346. The molecular formula is C15H16ClNO3. The molecule has 20 heavy (non-hydrogen) atoms. The van der Waals surface area contributed by atoms with Crippen LogP contribution in [0.2, 0.25) is 5.02 Å². The normalized spacial score (nSPS) is 11.6. The lowest BCUT2D eigenvalue weighted by Crippen LogP contribution is -2.26. The minimum Gasteiger partial charge on any atom is -0.459 e. The monoisotopic (exact) mass is 293 g/mol. The van der Waals surface area contributed by atoms with Gasteiger partial charge in [0.25, 0.3) is 0 Å². The molecule has 0 radical (unpaired) electrons. The van der Waals surface area contributed by atoms with Crippen LogP contribution in [-0.2, 0) is 16.1 Å². The summed E-state index contributed by atoms with van der Waals surface area (Å²) in [5.41, 5.74) is 0.755. The van der Waals surface area contributed by atoms with Crippen molar-refractivity contribution in [3.05, 3.63) is 35.0 Å². The lowest BCUT2D eigenvalue weighted by molar-refractivity contribution is -0.155. The third-order valence-electron chi connectivity index (χ3n) is 2.72. The van der Waals surface area contributed by atoms with Crippen LogP contribution in [0.15, 0.2) is 24.4 Å². The molecule has 0 unspecified atom stereocenters. The molecule has 0 N–H and O–H groups in total. The van der Waals surface area contributed by atoms with E-state index in [-0.39, 0.29) is 12.5 Å². The molecule has 2 rings (SSSR count). The number of aromatic nitrogens is 1. The summed E-state index contributed by atoms with van der Waals surface area (Å²) in [6, 6.07) is 5.23. The Balaban J connectivity index is 2.36. The molecule has 0 bridgehead atoms. The molecule has 2 aromatic rings. The van der Waals surface area contributed by atoms with Gasteiger partial charge in [0, 0.05) is 27.7 Å². The van der Waals surface area contributed by atoms with Crippen molar-refractivity contribution in [3.8, 4) is 0 Å². The van der Waals surface area contributed by atoms with Gasteiger partial charge in [0.15, 0.2) is 6.29 Å². The van der Waals surface area contributed by atoms with Gasteiger partial charge < -0.3 is 9.30 Å². The van der Waals surface area contributed by atoms with E-state index < -0.39 is 5.60 Å². The van der Waals surface area contributed by atoms with Gasteiger partial charge >= 0.3 is 5.97 Å². The van der Waals surface area contributed by atoms with E-state index in [0.29, 0.717) is 10.6 Å². The molecule has 0 spiro atoms. The smallest absolute Gasteiger partial charge is 0.326 e. The Morgan fingerprint density at radius 3 is 2.70 bits per heavy atom. The third-order valence-corrected chi connectivity index (χ3v) is 2.96. The fourth-order valence-corrected chi connectivity index (χ4v) is 2.21. The van der Waals surface area contributed by atoms with Gasteiger partial charge in [-0.3, -0.25) is 9.59 Å². The average molecular weight is 294 g/mol. The second-order valence-corrected chi connectivity index (χ2v) is 6.01. The zero-order valence-electron chi connectivity index (χ0n) is 11.6. The summed E-state index contributed by atoms with van der Waals surface area (Å²) in [4.78, 5) is 23.0. The number of aldehydes is 1. The molecular weight excluding hydrogens is 278 g/mol. The van der Waals surface area contributed by atoms with Crippen molar-refractivity contribution >= 4 is 34.8 Å². The third kappa shape index (κ3) is 3.20. The van der Waals surface area contributed by atoms with Gasteiger partial charge in [-0.1, -0.05) is 11.6 Å². The molecule has 0 amide bonds. The van der Waals surface area contributed by atoms with Gasteiger partial charge in [-0.05, 0) is 39.0 Å². The van der Waals surface area contributed by atoms with Crippen molar-refractivity contribution in [1.29, 1.82) is 0 Å². The fourth-order valence-electron chi connectivity index (χ4n) is 2.03. The Morgan fingerprint density at radius 1 is 1.40 bits per heavy atom. The molecule has 1 aromatic carbocycles. The average Bonchev–Trinajstić information content (AvgIpc) is 2.64. The van der Waals surface area contributed by atoms with Gasteiger partial charge in [0.05, 0.1) is 0 Å². The number of rotatable bonds is 3. The van der Waals surface area contributed by atoms with E-state index in [4.69, 9.17) is 16.3 Å². The summed E-state index contributed by atoms with van der Waals surface area (Å²) in [6.45, 7) is 5.50. The van der Waals surface area contributed by atoms with Gasteiger partial charge in [-0.2, -0.15) is 0 Å². The molecule has 0 aliphatic rings. The number of halogens is 1. The molecule has 1 aromatic heterocycles. The van der Waals surface area contributed by atoms with Gasteiger partial charge in [0.2, 0.25) is 0 Å². The van der Waals surface area contributed by atoms with E-state index in [1.54, 1.807) is 29.0 Å². The maximum Gasteiger partial charge on any atom is 0.326 e. The van der Waals surface area contributed by atoms with Crippen LogP contribution in [0.3, 0.4) is 0 Å². The summed E-state index contributed by atoms with van der Waals surface area (Å²) < 4.78 is 6.98. The quantitative estimate of drug-likeness (QED) is 0.643. The fraction of sp³-hybridized carbons (Fsp3) is 0.333. The van der Waals surface area contributed by atoms with Gasteiger partial charge in [-0.15, -0.1) is 0 Å². The van der Waals surface area contributed by atoms with Gasteiger partial charge in [0.1, 0.15) is 12.1 Å². The van der Waals surface area contributed by atoms with Crippen LogP contribution in [-0.4, -0.2) is 22.4 Å². The van der Waals surface area contributed by atoms with Crippen LogP contribution in [0.5, 0.6) is 0 Å². The summed E-state index contributed by atoms with van der Waals surface area (Å²) >= 11 is 5.93. The molecule has 0 fully saturated rings. The van der Waals surface area contributed by atoms with Crippen LogP contribution in [0.1, 0.15) is 31.1 Å². The Bertz CT molecular complexity index is 668.